The fraction of sp³-hybridized carbons (Fsp3) is 0.136. The Morgan fingerprint density at radius 1 is 1.08 bits per heavy atom. The number of halogens is 4. The van der Waals surface area contributed by atoms with Gasteiger partial charge in [-0.25, -0.2) is 14.2 Å². The number of aliphatic carboxylic acids is 1. The molecule has 2 aromatic carbocycles. The van der Waals surface area contributed by atoms with Crippen LogP contribution in [0.2, 0.25) is 0 Å². The minimum absolute atomic E-state index is 0.197. The quantitative estimate of drug-likeness (QED) is 0.249. The lowest BCUT2D eigenvalue weighted by Gasteiger charge is -2.23. The van der Waals surface area contributed by atoms with E-state index in [9.17, 15) is 17.6 Å². The summed E-state index contributed by atoms with van der Waals surface area (Å²) in [7, 11) is 0. The van der Waals surface area contributed by atoms with Crippen LogP contribution in [0.25, 0.3) is 21.8 Å². The summed E-state index contributed by atoms with van der Waals surface area (Å²) >= 11 is 0. The highest BCUT2D eigenvalue weighted by atomic mass is 19.4. The number of nitrogens with one attached hydrogen (secondary N) is 3. The molecule has 0 unspecified atom stereocenters. The molecule has 14 heteroatoms. The highest BCUT2D eigenvalue weighted by molar-refractivity contribution is 5.93. The van der Waals surface area contributed by atoms with Gasteiger partial charge in [0.05, 0.1) is 35.3 Å². The van der Waals surface area contributed by atoms with Crippen LogP contribution in [0.3, 0.4) is 0 Å². The van der Waals surface area contributed by atoms with Crippen molar-refractivity contribution >= 4 is 50.9 Å². The summed E-state index contributed by atoms with van der Waals surface area (Å²) < 4.78 is 46.4. The Morgan fingerprint density at radius 3 is 2.53 bits per heavy atom. The number of hydrogen-bond acceptors (Lipinski definition) is 7. The first-order valence-electron chi connectivity index (χ1n) is 10.4. The molecule has 5 rings (SSSR count). The summed E-state index contributed by atoms with van der Waals surface area (Å²) in [5.74, 6) is -2.75. The van der Waals surface area contributed by atoms with E-state index in [0.29, 0.717) is 12.5 Å². The van der Waals surface area contributed by atoms with Gasteiger partial charge >= 0.3 is 12.1 Å². The number of carboxylic acid groups (broad SMARTS) is 1. The van der Waals surface area contributed by atoms with E-state index in [2.05, 4.69) is 35.7 Å². The molecular formula is C22H18F4N8O2. The number of alkyl halides is 3. The van der Waals surface area contributed by atoms with Gasteiger partial charge in [-0.15, -0.1) is 0 Å². The zero-order valence-corrected chi connectivity index (χ0v) is 18.5. The van der Waals surface area contributed by atoms with Crippen LogP contribution in [-0.4, -0.2) is 54.2 Å². The third-order valence-corrected chi connectivity index (χ3v) is 4.99. The second-order valence-electron chi connectivity index (χ2n) is 7.32. The molecule has 36 heavy (non-hydrogen) atoms. The smallest absolute Gasteiger partial charge is 0.475 e. The molecule has 0 bridgehead atoms. The average molecular weight is 502 g/mol. The van der Waals surface area contributed by atoms with Crippen molar-refractivity contribution in [2.24, 2.45) is 0 Å². The first kappa shape index (κ1) is 24.4. The van der Waals surface area contributed by atoms with Crippen molar-refractivity contribution in [1.82, 2.24) is 30.4 Å². The van der Waals surface area contributed by atoms with E-state index in [-0.39, 0.29) is 5.82 Å². The lowest BCUT2D eigenvalue weighted by Crippen LogP contribution is -2.21. The summed E-state index contributed by atoms with van der Waals surface area (Å²) in [6.45, 7) is 2.47. The lowest BCUT2D eigenvalue weighted by atomic mass is 10.2. The number of benzene rings is 2. The number of rotatable bonds is 5. The van der Waals surface area contributed by atoms with Gasteiger partial charge in [0.15, 0.2) is 11.6 Å². The van der Waals surface area contributed by atoms with Gasteiger partial charge in [0.2, 0.25) is 5.95 Å². The first-order chi connectivity index (χ1) is 17.2. The van der Waals surface area contributed by atoms with Crippen LogP contribution in [0.4, 0.5) is 40.7 Å². The maximum absolute atomic E-state index is 14.7. The van der Waals surface area contributed by atoms with Crippen molar-refractivity contribution in [3.63, 3.8) is 0 Å². The van der Waals surface area contributed by atoms with Gasteiger partial charge < -0.3 is 15.3 Å². The van der Waals surface area contributed by atoms with Crippen LogP contribution < -0.4 is 10.2 Å². The van der Waals surface area contributed by atoms with Crippen LogP contribution in [0, 0.1) is 5.82 Å². The van der Waals surface area contributed by atoms with Crippen LogP contribution >= 0.6 is 0 Å². The summed E-state index contributed by atoms with van der Waals surface area (Å²) in [5.41, 5.74) is 3.42. The van der Waals surface area contributed by atoms with Crippen molar-refractivity contribution in [2.75, 3.05) is 16.8 Å². The Labute approximate surface area is 200 Å². The Bertz CT molecular complexity index is 1520. The van der Waals surface area contributed by atoms with Gasteiger partial charge in [-0.05, 0) is 37.3 Å². The molecule has 186 valence electrons. The molecular weight excluding hydrogens is 484 g/mol. The third kappa shape index (κ3) is 5.16. The Kier molecular flexibility index (Phi) is 6.67. The second-order valence-corrected chi connectivity index (χ2v) is 7.32. The van der Waals surface area contributed by atoms with Crippen molar-refractivity contribution in [3.8, 4) is 0 Å². The number of fused-ring (bicyclic) bond motifs is 2. The number of carboxylic acids is 1. The molecule has 0 saturated heterocycles. The fourth-order valence-electron chi connectivity index (χ4n) is 3.38. The molecule has 0 aliphatic rings. The number of aromatic amines is 2. The Balaban J connectivity index is 0.000000384. The topological polar surface area (TPSA) is 136 Å². The van der Waals surface area contributed by atoms with Gasteiger partial charge in [0, 0.05) is 23.0 Å². The first-order valence-corrected chi connectivity index (χ1v) is 10.4. The molecule has 3 aromatic heterocycles. The molecule has 0 saturated carbocycles. The molecule has 0 atom stereocenters. The van der Waals surface area contributed by atoms with Crippen molar-refractivity contribution in [2.45, 2.75) is 13.1 Å². The molecule has 5 aromatic rings. The second kappa shape index (κ2) is 9.85. The molecule has 4 N–H and O–H groups in total. The largest absolute Gasteiger partial charge is 0.490 e. The summed E-state index contributed by atoms with van der Waals surface area (Å²) in [5, 5.41) is 26.1. The summed E-state index contributed by atoms with van der Waals surface area (Å²) in [6.07, 6.45) is -0.438. The minimum Gasteiger partial charge on any atom is -0.475 e. The van der Waals surface area contributed by atoms with Gasteiger partial charge in [-0.1, -0.05) is 6.07 Å². The summed E-state index contributed by atoms with van der Waals surface area (Å²) in [4.78, 5) is 19.2. The van der Waals surface area contributed by atoms with Crippen LogP contribution in [0.1, 0.15) is 6.92 Å². The van der Waals surface area contributed by atoms with E-state index < -0.39 is 18.0 Å². The van der Waals surface area contributed by atoms with Crippen molar-refractivity contribution < 1.29 is 27.5 Å². The van der Waals surface area contributed by atoms with Gasteiger partial charge in [0.1, 0.15) is 0 Å². The molecule has 0 aliphatic heterocycles. The van der Waals surface area contributed by atoms with Crippen LogP contribution in [-0.2, 0) is 4.79 Å². The fourth-order valence-corrected chi connectivity index (χ4v) is 3.38. The number of aromatic nitrogens is 6. The zero-order valence-electron chi connectivity index (χ0n) is 18.5. The van der Waals surface area contributed by atoms with Crippen LogP contribution in [0.5, 0.6) is 0 Å². The van der Waals surface area contributed by atoms with Crippen LogP contribution in [0.15, 0.2) is 55.0 Å². The van der Waals surface area contributed by atoms with Crippen molar-refractivity contribution in [1.29, 1.82) is 0 Å². The highest BCUT2D eigenvalue weighted by Crippen LogP contribution is 2.32. The van der Waals surface area contributed by atoms with E-state index in [1.807, 2.05) is 43.3 Å². The maximum atomic E-state index is 14.7. The molecule has 0 radical (unpaired) electrons. The maximum Gasteiger partial charge on any atom is 0.490 e. The SMILES string of the molecule is CCN(c1nc(Nc2ccc3[nH]ncc3c2)ncc1F)c1cccc2[nH]ncc12.O=C(O)C(F)(F)F. The number of anilines is 4. The number of carbonyl (C=O) groups is 1. The number of hydrogen-bond donors (Lipinski definition) is 4. The molecule has 0 spiro atoms. The molecule has 10 nitrogen and oxygen atoms in total. The van der Waals surface area contributed by atoms with E-state index in [4.69, 9.17) is 9.90 Å². The Hall–Kier alpha value is -4.75. The minimum atomic E-state index is -5.08. The molecule has 0 amide bonds. The molecule has 0 aliphatic carbocycles. The lowest BCUT2D eigenvalue weighted by molar-refractivity contribution is -0.192. The van der Waals surface area contributed by atoms with E-state index in [1.165, 1.54) is 6.20 Å². The predicted molar refractivity (Wildman–Crippen MR) is 124 cm³/mol. The Morgan fingerprint density at radius 2 is 1.81 bits per heavy atom. The standard InChI is InChI=1S/C20H17FN8.C2HF3O2/c1-2-29(18-5-3-4-17-14(18)10-24-28-17)19-15(21)11-22-20(26-19)25-13-6-7-16-12(8-13)9-23-27-16;3-2(4,5)1(6)7/h3-11H,2H2,1H3,(H,23,27)(H,24,28)(H,22,25,26);(H,6,7). The zero-order chi connectivity index (χ0) is 25.9. The monoisotopic (exact) mass is 502 g/mol. The number of nitrogens with zero attached hydrogens (tertiary/aromatic N) is 5. The number of H-pyrrole nitrogens is 2. The van der Waals surface area contributed by atoms with E-state index in [1.54, 1.807) is 17.3 Å². The van der Waals surface area contributed by atoms with E-state index in [0.717, 1.165) is 33.2 Å². The predicted octanol–water partition coefficient (Wildman–Crippen LogP) is 4.90. The van der Waals surface area contributed by atoms with E-state index >= 15 is 0 Å². The normalized spacial score (nSPS) is 11.2. The van der Waals surface area contributed by atoms with Gasteiger partial charge in [-0.3, -0.25) is 10.2 Å². The van der Waals surface area contributed by atoms with Gasteiger partial charge in [-0.2, -0.15) is 28.4 Å². The van der Waals surface area contributed by atoms with Gasteiger partial charge in [0.25, 0.3) is 0 Å². The molecule has 3 heterocycles. The third-order valence-electron chi connectivity index (χ3n) is 4.99. The summed E-state index contributed by atoms with van der Waals surface area (Å²) in [6, 6.07) is 11.5. The average Bonchev–Trinajstić information content (AvgIpc) is 3.51. The molecule has 0 fully saturated rings. The highest BCUT2D eigenvalue weighted by Gasteiger charge is 2.38. The van der Waals surface area contributed by atoms with Crippen molar-refractivity contribution in [3.05, 3.63) is 60.8 Å².